The molecule has 142 valence electrons. The number of rotatable bonds is 8. The lowest BCUT2D eigenvalue weighted by Crippen LogP contribution is -2.19. The molecular formula is C19H23N5O3. The van der Waals surface area contributed by atoms with Gasteiger partial charge in [0.2, 0.25) is 5.91 Å². The van der Waals surface area contributed by atoms with E-state index in [0.717, 1.165) is 5.56 Å². The van der Waals surface area contributed by atoms with E-state index in [9.17, 15) is 9.59 Å². The highest BCUT2D eigenvalue weighted by molar-refractivity contribution is 5.96. The Morgan fingerprint density at radius 3 is 2.81 bits per heavy atom. The molecule has 0 radical (unpaired) electrons. The van der Waals surface area contributed by atoms with Crippen LogP contribution in [0.4, 0.5) is 10.5 Å². The molecule has 3 N–H and O–H groups in total. The van der Waals surface area contributed by atoms with E-state index in [-0.39, 0.29) is 11.8 Å². The molecule has 2 heterocycles. The lowest BCUT2D eigenvalue weighted by Gasteiger charge is -2.16. The maximum Gasteiger partial charge on any atom is 0.405 e. The van der Waals surface area contributed by atoms with Gasteiger partial charge >= 0.3 is 6.09 Å². The number of hydrogen-bond donors (Lipinski definition) is 2. The van der Waals surface area contributed by atoms with Crippen LogP contribution in [0.3, 0.4) is 0 Å². The van der Waals surface area contributed by atoms with E-state index in [1.165, 1.54) is 0 Å². The normalized spacial score (nSPS) is 12.7. The average Bonchev–Trinajstić information content (AvgIpc) is 3.00. The highest BCUT2D eigenvalue weighted by Gasteiger charge is 2.19. The van der Waals surface area contributed by atoms with Crippen molar-refractivity contribution in [3.63, 3.8) is 0 Å². The SMILES string of the molecule is C=CCC(OC(N)=O)c1cc(-c2c(NC(=O)C(C)C=C)cnn2C)ccn1. The third-order valence-electron chi connectivity index (χ3n) is 3.99. The zero-order valence-corrected chi connectivity index (χ0v) is 15.4. The van der Waals surface area contributed by atoms with Crippen LogP contribution < -0.4 is 11.1 Å². The number of primary amides is 1. The van der Waals surface area contributed by atoms with Gasteiger partial charge in [0.05, 0.1) is 29.2 Å². The number of hydrogen-bond acceptors (Lipinski definition) is 5. The van der Waals surface area contributed by atoms with Gasteiger partial charge in [-0.25, -0.2) is 4.79 Å². The summed E-state index contributed by atoms with van der Waals surface area (Å²) >= 11 is 0. The summed E-state index contributed by atoms with van der Waals surface area (Å²) in [7, 11) is 1.77. The van der Waals surface area contributed by atoms with Crippen LogP contribution in [-0.2, 0) is 16.6 Å². The molecule has 0 saturated heterocycles. The Hall–Kier alpha value is -3.42. The van der Waals surface area contributed by atoms with E-state index in [4.69, 9.17) is 10.5 Å². The Bertz CT molecular complexity index is 859. The second kappa shape index (κ2) is 8.79. The third kappa shape index (κ3) is 4.81. The van der Waals surface area contributed by atoms with Crippen LogP contribution in [-0.4, -0.2) is 26.8 Å². The quantitative estimate of drug-likeness (QED) is 0.695. The molecule has 0 fully saturated rings. The van der Waals surface area contributed by atoms with Crippen molar-refractivity contribution in [1.82, 2.24) is 14.8 Å². The second-order valence-corrected chi connectivity index (χ2v) is 5.96. The Morgan fingerprint density at radius 1 is 1.44 bits per heavy atom. The Morgan fingerprint density at radius 2 is 2.19 bits per heavy atom. The summed E-state index contributed by atoms with van der Waals surface area (Å²) in [5, 5.41) is 7.08. The highest BCUT2D eigenvalue weighted by Crippen LogP contribution is 2.30. The molecule has 8 nitrogen and oxygen atoms in total. The lowest BCUT2D eigenvalue weighted by molar-refractivity contribution is -0.118. The van der Waals surface area contributed by atoms with Crippen molar-refractivity contribution in [2.45, 2.75) is 19.4 Å². The first-order valence-corrected chi connectivity index (χ1v) is 8.36. The predicted octanol–water partition coefficient (Wildman–Crippen LogP) is 2.96. The van der Waals surface area contributed by atoms with Gasteiger partial charge < -0.3 is 15.8 Å². The minimum Gasteiger partial charge on any atom is -0.440 e. The minimum absolute atomic E-state index is 0.185. The largest absolute Gasteiger partial charge is 0.440 e. The summed E-state index contributed by atoms with van der Waals surface area (Å²) in [6.07, 6.45) is 5.18. The molecule has 27 heavy (non-hydrogen) atoms. The van der Waals surface area contributed by atoms with Crippen molar-refractivity contribution in [2.24, 2.45) is 18.7 Å². The molecule has 2 rings (SSSR count). The Kier molecular flexibility index (Phi) is 6.48. The maximum absolute atomic E-state index is 12.2. The smallest absolute Gasteiger partial charge is 0.405 e. The summed E-state index contributed by atoms with van der Waals surface area (Å²) in [6, 6.07) is 3.54. The van der Waals surface area contributed by atoms with Gasteiger partial charge in [-0.05, 0) is 12.1 Å². The summed E-state index contributed by atoms with van der Waals surface area (Å²) in [6.45, 7) is 9.05. The van der Waals surface area contributed by atoms with E-state index in [1.807, 2.05) is 0 Å². The molecule has 0 spiro atoms. The predicted molar refractivity (Wildman–Crippen MR) is 103 cm³/mol. The van der Waals surface area contributed by atoms with Crippen LogP contribution >= 0.6 is 0 Å². The molecule has 0 aromatic carbocycles. The van der Waals surface area contributed by atoms with Crippen LogP contribution in [0.1, 0.15) is 25.1 Å². The van der Waals surface area contributed by atoms with E-state index in [0.29, 0.717) is 23.5 Å². The Labute approximate surface area is 157 Å². The first-order valence-electron chi connectivity index (χ1n) is 8.36. The molecule has 0 aliphatic rings. The summed E-state index contributed by atoms with van der Waals surface area (Å²) in [5.41, 5.74) is 7.67. The fourth-order valence-corrected chi connectivity index (χ4v) is 2.52. The van der Waals surface area contributed by atoms with E-state index < -0.39 is 12.2 Å². The zero-order chi connectivity index (χ0) is 20.0. The first kappa shape index (κ1) is 19.9. The number of nitrogens with two attached hydrogens (primary N) is 1. The monoisotopic (exact) mass is 369 g/mol. The molecule has 8 heteroatoms. The van der Waals surface area contributed by atoms with Gasteiger partial charge in [-0.1, -0.05) is 19.1 Å². The Balaban J connectivity index is 2.40. The molecule has 2 unspecified atom stereocenters. The summed E-state index contributed by atoms with van der Waals surface area (Å²) in [5.74, 6) is -0.526. The van der Waals surface area contributed by atoms with Crippen molar-refractivity contribution >= 4 is 17.7 Å². The maximum atomic E-state index is 12.2. The van der Waals surface area contributed by atoms with Crippen molar-refractivity contribution in [2.75, 3.05) is 5.32 Å². The van der Waals surface area contributed by atoms with Gasteiger partial charge in [-0.2, -0.15) is 5.10 Å². The molecule has 0 bridgehead atoms. The van der Waals surface area contributed by atoms with Crippen molar-refractivity contribution in [3.05, 3.63) is 55.5 Å². The second-order valence-electron chi connectivity index (χ2n) is 5.96. The van der Waals surface area contributed by atoms with Crippen molar-refractivity contribution < 1.29 is 14.3 Å². The van der Waals surface area contributed by atoms with Gasteiger partial charge in [0, 0.05) is 25.2 Å². The number of aryl methyl sites for hydroxylation is 1. The third-order valence-corrected chi connectivity index (χ3v) is 3.99. The van der Waals surface area contributed by atoms with Crippen molar-refractivity contribution in [1.29, 1.82) is 0 Å². The minimum atomic E-state index is -0.888. The molecule has 0 aliphatic carbocycles. The molecule has 2 amide bonds. The molecule has 2 atom stereocenters. The van der Waals surface area contributed by atoms with E-state index >= 15 is 0 Å². The van der Waals surface area contributed by atoms with Gasteiger partial charge in [-0.15, -0.1) is 13.2 Å². The number of aromatic nitrogens is 3. The fraction of sp³-hybridized carbons (Fsp3) is 0.263. The number of amides is 2. The number of carbonyl (C=O) groups is 2. The van der Waals surface area contributed by atoms with Crippen LogP contribution in [0.25, 0.3) is 11.3 Å². The number of nitrogens with zero attached hydrogens (tertiary/aromatic N) is 3. The van der Waals surface area contributed by atoms with Crippen molar-refractivity contribution in [3.8, 4) is 11.3 Å². The van der Waals surface area contributed by atoms with Gasteiger partial charge in [-0.3, -0.25) is 14.5 Å². The molecule has 2 aromatic rings. The molecule has 2 aromatic heterocycles. The molecular weight excluding hydrogens is 346 g/mol. The van der Waals surface area contributed by atoms with Crippen LogP contribution in [0, 0.1) is 5.92 Å². The summed E-state index contributed by atoms with van der Waals surface area (Å²) in [4.78, 5) is 27.6. The zero-order valence-electron chi connectivity index (χ0n) is 15.4. The van der Waals surface area contributed by atoms with Gasteiger partial charge in [0.15, 0.2) is 0 Å². The molecule has 0 saturated carbocycles. The lowest BCUT2D eigenvalue weighted by atomic mass is 10.1. The standard InChI is InChI=1S/C19H23N5O3/c1-5-7-16(27-19(20)26)14-10-13(8-9-21-14)17-15(11-22-24(17)4)23-18(25)12(3)6-2/h5-6,8-12,16H,1-2,7H2,3-4H3,(H2,20,26)(H,23,25). The van der Waals surface area contributed by atoms with Crippen LogP contribution in [0.2, 0.25) is 0 Å². The number of anilines is 1. The average molecular weight is 369 g/mol. The number of ether oxygens (including phenoxy) is 1. The number of pyridine rings is 1. The van der Waals surface area contributed by atoms with E-state index in [1.54, 1.807) is 55.3 Å². The van der Waals surface area contributed by atoms with Crippen LogP contribution in [0.15, 0.2) is 49.8 Å². The van der Waals surface area contributed by atoms with E-state index in [2.05, 4.69) is 28.6 Å². The number of nitrogens with one attached hydrogen (secondary N) is 1. The van der Waals surface area contributed by atoms with Gasteiger partial charge in [0.1, 0.15) is 6.10 Å². The summed E-state index contributed by atoms with van der Waals surface area (Å²) < 4.78 is 6.77. The van der Waals surface area contributed by atoms with Gasteiger partial charge in [0.25, 0.3) is 0 Å². The fourth-order valence-electron chi connectivity index (χ4n) is 2.52. The first-order chi connectivity index (χ1) is 12.9. The highest BCUT2D eigenvalue weighted by atomic mass is 16.6. The molecule has 0 aliphatic heterocycles. The van der Waals surface area contributed by atoms with Crippen LogP contribution in [0.5, 0.6) is 0 Å². The topological polar surface area (TPSA) is 112 Å². The number of carbonyl (C=O) groups excluding carboxylic acids is 2.